The lowest BCUT2D eigenvalue weighted by Gasteiger charge is -2.08. The second-order valence-electron chi connectivity index (χ2n) is 4.17. The Bertz CT molecular complexity index is 682. The number of non-ortho nitro benzene ring substituents is 1. The summed E-state index contributed by atoms with van der Waals surface area (Å²) < 4.78 is 6.16. The van der Waals surface area contributed by atoms with Crippen molar-refractivity contribution in [3.8, 4) is 11.6 Å². The molecule has 0 aliphatic carbocycles. The van der Waals surface area contributed by atoms with Gasteiger partial charge >= 0.3 is 0 Å². The molecule has 0 unspecified atom stereocenters. The first-order valence-corrected chi connectivity index (χ1v) is 7.32. The normalized spacial score (nSPS) is 10.4. The molecule has 2 rings (SSSR count). The van der Waals surface area contributed by atoms with Crippen LogP contribution in [0.5, 0.6) is 11.6 Å². The number of hydrogen-bond donors (Lipinski definition) is 0. The van der Waals surface area contributed by atoms with Gasteiger partial charge in [-0.3, -0.25) is 10.1 Å². The summed E-state index contributed by atoms with van der Waals surface area (Å²) in [6.07, 6.45) is 1.55. The van der Waals surface area contributed by atoms with Gasteiger partial charge in [-0.15, -0.1) is 0 Å². The van der Waals surface area contributed by atoms with Gasteiger partial charge in [0.25, 0.3) is 5.69 Å². The van der Waals surface area contributed by atoms with E-state index in [0.717, 1.165) is 6.42 Å². The van der Waals surface area contributed by atoms with E-state index in [1.807, 2.05) is 6.92 Å². The van der Waals surface area contributed by atoms with Crippen LogP contribution < -0.4 is 4.74 Å². The van der Waals surface area contributed by atoms with Crippen LogP contribution in [0.4, 0.5) is 5.69 Å². The lowest BCUT2D eigenvalue weighted by molar-refractivity contribution is -0.384. The topological polar surface area (TPSA) is 78.2 Å². The van der Waals surface area contributed by atoms with Crippen LogP contribution in [0.1, 0.15) is 19.2 Å². The number of benzene rings is 1. The molecule has 0 radical (unpaired) electrons. The van der Waals surface area contributed by atoms with Gasteiger partial charge in [0.15, 0.2) is 5.75 Å². The van der Waals surface area contributed by atoms with E-state index in [9.17, 15) is 10.1 Å². The molecule has 2 aromatic rings. The minimum absolute atomic E-state index is 0.0675. The maximum absolute atomic E-state index is 10.8. The Morgan fingerprint density at radius 3 is 2.81 bits per heavy atom. The average molecular weight is 373 g/mol. The van der Waals surface area contributed by atoms with Crippen molar-refractivity contribution in [3.63, 3.8) is 0 Å². The van der Waals surface area contributed by atoms with Crippen molar-refractivity contribution >= 4 is 33.2 Å². The molecular weight excluding hydrogens is 362 g/mol. The second-order valence-corrected chi connectivity index (χ2v) is 5.41. The molecule has 0 aliphatic rings. The van der Waals surface area contributed by atoms with Crippen molar-refractivity contribution in [1.29, 1.82) is 0 Å². The summed E-state index contributed by atoms with van der Waals surface area (Å²) in [7, 11) is 0. The average Bonchev–Trinajstić information content (AvgIpc) is 2.40. The predicted molar refractivity (Wildman–Crippen MR) is 81.9 cm³/mol. The van der Waals surface area contributed by atoms with Gasteiger partial charge in [-0.25, -0.2) is 4.98 Å². The van der Waals surface area contributed by atoms with Crippen LogP contribution in [0.15, 0.2) is 28.7 Å². The van der Waals surface area contributed by atoms with Crippen LogP contribution in [0, 0.1) is 10.1 Å². The summed E-state index contributed by atoms with van der Waals surface area (Å²) in [5, 5.41) is 11.1. The van der Waals surface area contributed by atoms with E-state index < -0.39 is 4.92 Å². The Labute approximate surface area is 134 Å². The number of aryl methyl sites for hydroxylation is 1. The van der Waals surface area contributed by atoms with Crippen molar-refractivity contribution in [2.75, 3.05) is 0 Å². The summed E-state index contributed by atoms with van der Waals surface area (Å²) in [6.45, 7) is 2.00. The smallest absolute Gasteiger partial charge is 0.273 e. The quantitative estimate of drug-likeness (QED) is 0.437. The molecule has 0 saturated heterocycles. The molecule has 1 aromatic carbocycles. The van der Waals surface area contributed by atoms with Crippen LogP contribution in [0.25, 0.3) is 0 Å². The summed E-state index contributed by atoms with van der Waals surface area (Å²) in [6, 6.07) is 5.71. The molecular formula is C13H11BrClN3O3. The van der Waals surface area contributed by atoms with E-state index in [2.05, 4.69) is 25.9 Å². The van der Waals surface area contributed by atoms with Gasteiger partial charge in [0.1, 0.15) is 11.0 Å². The third-order valence-electron chi connectivity index (χ3n) is 2.53. The van der Waals surface area contributed by atoms with Gasteiger partial charge in [0, 0.05) is 18.6 Å². The highest BCUT2D eigenvalue weighted by molar-refractivity contribution is 9.10. The lowest BCUT2D eigenvalue weighted by Crippen LogP contribution is -1.98. The molecule has 0 atom stereocenters. The Morgan fingerprint density at radius 1 is 1.38 bits per heavy atom. The first-order valence-electron chi connectivity index (χ1n) is 6.15. The SMILES string of the molecule is CCCc1nc(Cl)cc(Oc2cc([N+](=O)[O-])ccc2Br)n1. The molecule has 0 aliphatic heterocycles. The van der Waals surface area contributed by atoms with Crippen molar-refractivity contribution in [2.24, 2.45) is 0 Å². The maximum atomic E-state index is 10.8. The molecule has 1 aromatic heterocycles. The van der Waals surface area contributed by atoms with Gasteiger partial charge in [0.2, 0.25) is 5.88 Å². The van der Waals surface area contributed by atoms with Crippen molar-refractivity contribution in [1.82, 2.24) is 9.97 Å². The first-order chi connectivity index (χ1) is 9.99. The highest BCUT2D eigenvalue weighted by Gasteiger charge is 2.13. The van der Waals surface area contributed by atoms with Gasteiger partial charge in [-0.05, 0) is 28.4 Å². The lowest BCUT2D eigenvalue weighted by atomic mass is 10.3. The van der Waals surface area contributed by atoms with Crippen molar-refractivity contribution in [2.45, 2.75) is 19.8 Å². The zero-order chi connectivity index (χ0) is 15.4. The minimum Gasteiger partial charge on any atom is -0.437 e. The number of nitrogens with zero attached hydrogens (tertiary/aromatic N) is 3. The van der Waals surface area contributed by atoms with Gasteiger partial charge in [0.05, 0.1) is 15.5 Å². The number of halogens is 2. The van der Waals surface area contributed by atoms with E-state index in [0.29, 0.717) is 22.5 Å². The number of hydrogen-bond acceptors (Lipinski definition) is 5. The van der Waals surface area contributed by atoms with E-state index in [1.54, 1.807) is 6.07 Å². The maximum Gasteiger partial charge on any atom is 0.273 e. The Kier molecular flexibility index (Phi) is 5.08. The molecule has 0 bridgehead atoms. The van der Waals surface area contributed by atoms with Crippen LogP contribution in [-0.4, -0.2) is 14.9 Å². The highest BCUT2D eigenvalue weighted by Crippen LogP contribution is 2.32. The summed E-state index contributed by atoms with van der Waals surface area (Å²) >= 11 is 9.20. The van der Waals surface area contributed by atoms with Gasteiger partial charge in [-0.1, -0.05) is 18.5 Å². The zero-order valence-electron chi connectivity index (χ0n) is 11.0. The molecule has 0 spiro atoms. The summed E-state index contributed by atoms with van der Waals surface area (Å²) in [5.74, 6) is 1.11. The standard InChI is InChI=1S/C13H11BrClN3O3/c1-2-3-12-16-11(15)7-13(17-12)21-10-6-8(18(19)20)4-5-9(10)14/h4-7H,2-3H2,1H3. The Hall–Kier alpha value is -1.73. The number of rotatable bonds is 5. The number of aromatic nitrogens is 2. The highest BCUT2D eigenvalue weighted by atomic mass is 79.9. The number of ether oxygens (including phenoxy) is 1. The largest absolute Gasteiger partial charge is 0.437 e. The molecule has 0 fully saturated rings. The molecule has 1 heterocycles. The number of nitro benzene ring substituents is 1. The van der Waals surface area contributed by atoms with Gasteiger partial charge in [-0.2, -0.15) is 4.98 Å². The van der Waals surface area contributed by atoms with Crippen LogP contribution in [-0.2, 0) is 6.42 Å². The van der Waals surface area contributed by atoms with Crippen molar-refractivity contribution < 1.29 is 9.66 Å². The monoisotopic (exact) mass is 371 g/mol. The van der Waals surface area contributed by atoms with Crippen LogP contribution in [0.2, 0.25) is 5.15 Å². The van der Waals surface area contributed by atoms with Crippen molar-refractivity contribution in [3.05, 3.63) is 49.8 Å². The van der Waals surface area contributed by atoms with Gasteiger partial charge < -0.3 is 4.74 Å². The molecule has 0 N–H and O–H groups in total. The van der Waals surface area contributed by atoms with E-state index in [4.69, 9.17) is 16.3 Å². The summed E-state index contributed by atoms with van der Waals surface area (Å²) in [4.78, 5) is 18.6. The minimum atomic E-state index is -0.491. The fraction of sp³-hybridized carbons (Fsp3) is 0.231. The fourth-order valence-corrected chi connectivity index (χ4v) is 2.14. The van der Waals surface area contributed by atoms with Crippen LogP contribution in [0.3, 0.4) is 0 Å². The molecule has 6 nitrogen and oxygen atoms in total. The van der Waals surface area contributed by atoms with Crippen LogP contribution >= 0.6 is 27.5 Å². The number of nitro groups is 1. The molecule has 0 saturated carbocycles. The summed E-state index contributed by atoms with van der Waals surface area (Å²) in [5.41, 5.74) is -0.0675. The third-order valence-corrected chi connectivity index (χ3v) is 3.38. The first kappa shape index (κ1) is 15.7. The second kappa shape index (κ2) is 6.82. The van der Waals surface area contributed by atoms with E-state index in [1.165, 1.54) is 18.2 Å². The van der Waals surface area contributed by atoms with E-state index >= 15 is 0 Å². The third kappa shape index (κ3) is 4.12. The van der Waals surface area contributed by atoms with E-state index in [-0.39, 0.29) is 16.7 Å². The Balaban J connectivity index is 2.33. The zero-order valence-corrected chi connectivity index (χ0v) is 13.4. The Morgan fingerprint density at radius 2 is 2.14 bits per heavy atom. The molecule has 110 valence electrons. The molecule has 0 amide bonds. The molecule has 21 heavy (non-hydrogen) atoms. The molecule has 8 heteroatoms. The fourth-order valence-electron chi connectivity index (χ4n) is 1.63. The predicted octanol–water partition coefficient (Wildman–Crippen LogP) is 4.55.